The lowest BCUT2D eigenvalue weighted by atomic mass is 9.90. The lowest BCUT2D eigenvalue weighted by Crippen LogP contribution is -2.39. The van der Waals surface area contributed by atoms with E-state index in [-0.39, 0.29) is 17.3 Å². The number of nitrogens with one attached hydrogen (secondary N) is 1. The summed E-state index contributed by atoms with van der Waals surface area (Å²) in [4.78, 5) is 14.7. The predicted molar refractivity (Wildman–Crippen MR) is 122 cm³/mol. The first-order chi connectivity index (χ1) is 14.2. The Morgan fingerprint density at radius 1 is 1.13 bits per heavy atom. The molecule has 5 nitrogen and oxygen atoms in total. The van der Waals surface area contributed by atoms with Crippen molar-refractivity contribution in [1.29, 1.82) is 0 Å². The molecule has 1 N–H and O–H groups in total. The highest BCUT2D eigenvalue weighted by Gasteiger charge is 2.21. The van der Waals surface area contributed by atoms with Crippen LogP contribution >= 0.6 is 11.6 Å². The molecule has 0 bridgehead atoms. The van der Waals surface area contributed by atoms with E-state index in [1.807, 2.05) is 0 Å². The molecule has 0 spiro atoms. The van der Waals surface area contributed by atoms with Crippen molar-refractivity contribution >= 4 is 33.0 Å². The number of piperidine rings is 1. The van der Waals surface area contributed by atoms with Crippen molar-refractivity contribution in [2.24, 2.45) is 5.92 Å². The second-order valence-electron chi connectivity index (χ2n) is 8.21. The number of amides is 1. The van der Waals surface area contributed by atoms with Crippen molar-refractivity contribution in [2.75, 3.05) is 31.2 Å². The van der Waals surface area contributed by atoms with E-state index in [1.165, 1.54) is 35.7 Å². The Bertz CT molecular complexity index is 982. The summed E-state index contributed by atoms with van der Waals surface area (Å²) in [5.74, 6) is 0.507. The van der Waals surface area contributed by atoms with E-state index in [0.29, 0.717) is 16.6 Å². The van der Waals surface area contributed by atoms with Gasteiger partial charge in [-0.1, -0.05) is 41.4 Å². The van der Waals surface area contributed by atoms with Crippen molar-refractivity contribution in [3.05, 3.63) is 58.6 Å². The number of aryl methyl sites for hydroxylation is 2. The molecule has 0 aromatic heterocycles. The van der Waals surface area contributed by atoms with Gasteiger partial charge in [-0.25, -0.2) is 8.42 Å². The molecule has 1 saturated heterocycles. The SMILES string of the molecule is Cc1ccc(CCC2CCN(CC(=O)Nc3cc(S(C)(=O)=O)ccc3Cl)CC2)cc1. The molecule has 1 aliphatic heterocycles. The lowest BCUT2D eigenvalue weighted by Gasteiger charge is -2.31. The summed E-state index contributed by atoms with van der Waals surface area (Å²) in [5, 5.41) is 3.08. The number of sulfone groups is 1. The highest BCUT2D eigenvalue weighted by molar-refractivity contribution is 7.90. The Hall–Kier alpha value is -1.89. The number of nitrogens with zero attached hydrogens (tertiary/aromatic N) is 1. The molecule has 0 aliphatic carbocycles. The second-order valence-corrected chi connectivity index (χ2v) is 10.6. The third-order valence-electron chi connectivity index (χ3n) is 5.68. The average Bonchev–Trinajstić information content (AvgIpc) is 2.69. The topological polar surface area (TPSA) is 66.5 Å². The van der Waals surface area contributed by atoms with Gasteiger partial charge in [-0.2, -0.15) is 0 Å². The number of benzene rings is 2. The van der Waals surface area contributed by atoms with E-state index in [0.717, 1.165) is 38.6 Å². The molecule has 0 unspecified atom stereocenters. The average molecular weight is 449 g/mol. The molecule has 1 fully saturated rings. The number of carbonyl (C=O) groups excluding carboxylic acids is 1. The molecule has 1 amide bonds. The second kappa shape index (κ2) is 9.94. The zero-order valence-electron chi connectivity index (χ0n) is 17.5. The number of anilines is 1. The molecule has 0 atom stereocenters. The Morgan fingerprint density at radius 2 is 1.80 bits per heavy atom. The molecule has 1 heterocycles. The first-order valence-electron chi connectivity index (χ1n) is 10.3. The number of likely N-dealkylation sites (tertiary alicyclic amines) is 1. The smallest absolute Gasteiger partial charge is 0.238 e. The van der Waals surface area contributed by atoms with Crippen LogP contribution in [0.2, 0.25) is 5.02 Å². The fourth-order valence-electron chi connectivity index (χ4n) is 3.78. The Labute approximate surface area is 184 Å². The van der Waals surface area contributed by atoms with E-state index >= 15 is 0 Å². The monoisotopic (exact) mass is 448 g/mol. The van der Waals surface area contributed by atoms with Crippen molar-refractivity contribution in [3.63, 3.8) is 0 Å². The van der Waals surface area contributed by atoms with Gasteiger partial charge in [0.2, 0.25) is 5.91 Å². The zero-order valence-corrected chi connectivity index (χ0v) is 19.1. The van der Waals surface area contributed by atoms with Crippen molar-refractivity contribution < 1.29 is 13.2 Å². The number of rotatable bonds is 7. The highest BCUT2D eigenvalue weighted by atomic mass is 35.5. The summed E-state index contributed by atoms with van der Waals surface area (Å²) in [6, 6.07) is 13.1. The van der Waals surface area contributed by atoms with Crippen LogP contribution in [0.15, 0.2) is 47.4 Å². The maximum atomic E-state index is 12.5. The van der Waals surface area contributed by atoms with Gasteiger partial charge < -0.3 is 5.32 Å². The number of carbonyl (C=O) groups is 1. The Kier molecular flexibility index (Phi) is 7.55. The number of hydrogen-bond donors (Lipinski definition) is 1. The molecular weight excluding hydrogens is 420 g/mol. The van der Waals surface area contributed by atoms with Crippen LogP contribution in [0.25, 0.3) is 0 Å². The van der Waals surface area contributed by atoms with E-state index in [4.69, 9.17) is 11.6 Å². The van der Waals surface area contributed by atoms with Crippen LogP contribution in [0.1, 0.15) is 30.4 Å². The molecule has 162 valence electrons. The zero-order chi connectivity index (χ0) is 21.7. The van der Waals surface area contributed by atoms with Crippen LogP contribution < -0.4 is 5.32 Å². The number of halogens is 1. The lowest BCUT2D eigenvalue weighted by molar-refractivity contribution is -0.117. The van der Waals surface area contributed by atoms with E-state index in [9.17, 15) is 13.2 Å². The fraction of sp³-hybridized carbons (Fsp3) is 0.435. The third kappa shape index (κ3) is 6.56. The van der Waals surface area contributed by atoms with Gasteiger partial charge in [0.1, 0.15) is 0 Å². The molecule has 30 heavy (non-hydrogen) atoms. The minimum Gasteiger partial charge on any atom is -0.324 e. The van der Waals surface area contributed by atoms with Gasteiger partial charge in [0.05, 0.1) is 22.2 Å². The maximum absolute atomic E-state index is 12.5. The minimum absolute atomic E-state index is 0.136. The van der Waals surface area contributed by atoms with E-state index in [2.05, 4.69) is 41.4 Å². The van der Waals surface area contributed by atoms with Gasteiger partial charge in [0.25, 0.3) is 0 Å². The van der Waals surface area contributed by atoms with Gasteiger partial charge in [0, 0.05) is 6.26 Å². The van der Waals surface area contributed by atoms with Crippen LogP contribution in [-0.2, 0) is 21.1 Å². The molecule has 2 aromatic rings. The fourth-order valence-corrected chi connectivity index (χ4v) is 4.59. The van der Waals surface area contributed by atoms with Crippen LogP contribution in [0, 0.1) is 12.8 Å². The molecular formula is C23H29ClN2O3S. The van der Waals surface area contributed by atoms with Crippen LogP contribution in [0.3, 0.4) is 0 Å². The third-order valence-corrected chi connectivity index (χ3v) is 7.12. The van der Waals surface area contributed by atoms with Crippen molar-refractivity contribution in [3.8, 4) is 0 Å². The molecule has 0 radical (unpaired) electrons. The molecule has 0 saturated carbocycles. The van der Waals surface area contributed by atoms with E-state index in [1.54, 1.807) is 0 Å². The van der Waals surface area contributed by atoms with Crippen molar-refractivity contribution in [1.82, 2.24) is 4.90 Å². The van der Waals surface area contributed by atoms with Gasteiger partial charge in [-0.15, -0.1) is 0 Å². The highest BCUT2D eigenvalue weighted by Crippen LogP contribution is 2.26. The Morgan fingerprint density at radius 3 is 2.43 bits per heavy atom. The first kappa shape index (κ1) is 22.8. The molecule has 7 heteroatoms. The van der Waals surface area contributed by atoms with Crippen LogP contribution in [0.4, 0.5) is 5.69 Å². The van der Waals surface area contributed by atoms with Crippen LogP contribution in [0.5, 0.6) is 0 Å². The van der Waals surface area contributed by atoms with Crippen LogP contribution in [-0.4, -0.2) is 45.1 Å². The standard InChI is InChI=1S/C23H29ClN2O3S/c1-17-3-5-18(6-4-17)7-8-19-11-13-26(14-12-19)16-23(27)25-22-15-20(30(2,28)29)9-10-21(22)24/h3-6,9-10,15,19H,7-8,11-14,16H2,1-2H3,(H,25,27). The summed E-state index contributed by atoms with van der Waals surface area (Å²) in [6.07, 6.45) is 5.58. The van der Waals surface area contributed by atoms with Crippen molar-refractivity contribution in [2.45, 2.75) is 37.5 Å². The van der Waals surface area contributed by atoms with Gasteiger partial charge in [-0.3, -0.25) is 9.69 Å². The van der Waals surface area contributed by atoms with E-state index < -0.39 is 9.84 Å². The Balaban J connectivity index is 1.46. The quantitative estimate of drug-likeness (QED) is 0.684. The molecule has 1 aliphatic rings. The molecule has 2 aromatic carbocycles. The summed E-state index contributed by atoms with van der Waals surface area (Å²) in [7, 11) is -3.36. The molecule has 3 rings (SSSR count). The van der Waals surface area contributed by atoms with Gasteiger partial charge >= 0.3 is 0 Å². The maximum Gasteiger partial charge on any atom is 0.238 e. The predicted octanol–water partition coefficient (Wildman–Crippen LogP) is 4.34. The number of hydrogen-bond acceptors (Lipinski definition) is 4. The summed E-state index contributed by atoms with van der Waals surface area (Å²) in [6.45, 7) is 4.17. The summed E-state index contributed by atoms with van der Waals surface area (Å²) in [5.41, 5.74) is 3.00. The van der Waals surface area contributed by atoms with Gasteiger partial charge in [-0.05, 0) is 75.4 Å². The van der Waals surface area contributed by atoms with Gasteiger partial charge in [0.15, 0.2) is 9.84 Å². The summed E-state index contributed by atoms with van der Waals surface area (Å²) < 4.78 is 23.4. The largest absolute Gasteiger partial charge is 0.324 e. The first-order valence-corrected chi connectivity index (χ1v) is 12.5. The normalized spacial score (nSPS) is 15.8. The minimum atomic E-state index is -3.36. The summed E-state index contributed by atoms with van der Waals surface area (Å²) >= 11 is 6.12.